The average molecular weight is 276 g/mol. The van der Waals surface area contributed by atoms with Gasteiger partial charge in [0.05, 0.1) is 18.8 Å². The Morgan fingerprint density at radius 2 is 2.20 bits per heavy atom. The van der Waals surface area contributed by atoms with E-state index >= 15 is 0 Å². The van der Waals surface area contributed by atoms with Crippen LogP contribution in [0.5, 0.6) is 0 Å². The van der Waals surface area contributed by atoms with Crippen molar-refractivity contribution in [3.63, 3.8) is 0 Å². The number of morpholine rings is 1. The highest BCUT2D eigenvalue weighted by Crippen LogP contribution is 2.39. The second kappa shape index (κ2) is 4.42. The number of amides is 1. The van der Waals surface area contributed by atoms with Crippen molar-refractivity contribution in [2.45, 2.75) is 32.4 Å². The Labute approximate surface area is 99.3 Å². The van der Waals surface area contributed by atoms with Crippen LogP contribution >= 0.6 is 15.9 Å². The van der Waals surface area contributed by atoms with Crippen LogP contribution in [0.2, 0.25) is 0 Å². The minimum atomic E-state index is 0.166. The molecular formula is C11H18BrNO2. The number of hydrogen-bond acceptors (Lipinski definition) is 2. The van der Waals surface area contributed by atoms with Crippen LogP contribution in [0.25, 0.3) is 0 Å². The molecule has 2 aliphatic rings. The fourth-order valence-corrected chi connectivity index (χ4v) is 2.49. The number of nitrogens with zero attached hydrogens (tertiary/aromatic N) is 1. The molecule has 1 saturated carbocycles. The van der Waals surface area contributed by atoms with E-state index < -0.39 is 0 Å². The van der Waals surface area contributed by atoms with E-state index in [1.54, 1.807) is 0 Å². The van der Waals surface area contributed by atoms with Crippen molar-refractivity contribution in [3.05, 3.63) is 0 Å². The zero-order chi connectivity index (χ0) is 11.0. The van der Waals surface area contributed by atoms with Gasteiger partial charge in [0, 0.05) is 17.8 Å². The first kappa shape index (κ1) is 11.4. The molecule has 4 heteroatoms. The molecule has 4 atom stereocenters. The molecule has 0 spiro atoms. The molecule has 1 amide bonds. The lowest BCUT2D eigenvalue weighted by atomic mass is 10.1. The minimum Gasteiger partial charge on any atom is -0.373 e. The summed E-state index contributed by atoms with van der Waals surface area (Å²) in [5.41, 5.74) is 0. The maximum atomic E-state index is 12.1. The third-order valence-corrected chi connectivity index (χ3v) is 4.11. The molecule has 4 unspecified atom stereocenters. The summed E-state index contributed by atoms with van der Waals surface area (Å²) in [6.45, 7) is 5.63. The van der Waals surface area contributed by atoms with Crippen LogP contribution in [-0.2, 0) is 9.53 Å². The summed E-state index contributed by atoms with van der Waals surface area (Å²) in [6, 6.07) is 0.237. The molecule has 1 heterocycles. The van der Waals surface area contributed by atoms with E-state index in [4.69, 9.17) is 4.74 Å². The van der Waals surface area contributed by atoms with E-state index in [0.717, 1.165) is 18.3 Å². The monoisotopic (exact) mass is 275 g/mol. The molecule has 0 aromatic carbocycles. The van der Waals surface area contributed by atoms with Crippen molar-refractivity contribution in [1.82, 2.24) is 4.90 Å². The first-order valence-electron chi connectivity index (χ1n) is 5.61. The SMILES string of the molecule is CC1CC1C(=O)N1CC(CBr)OCC1C. The number of halogens is 1. The number of alkyl halides is 1. The molecule has 0 aromatic rings. The van der Waals surface area contributed by atoms with Gasteiger partial charge in [-0.1, -0.05) is 22.9 Å². The number of ether oxygens (including phenoxy) is 1. The van der Waals surface area contributed by atoms with Gasteiger partial charge >= 0.3 is 0 Å². The van der Waals surface area contributed by atoms with Gasteiger partial charge in [-0.3, -0.25) is 4.79 Å². The third-order valence-electron chi connectivity index (χ3n) is 3.39. The lowest BCUT2D eigenvalue weighted by molar-refractivity contribution is -0.144. The minimum absolute atomic E-state index is 0.166. The van der Waals surface area contributed by atoms with Crippen molar-refractivity contribution >= 4 is 21.8 Å². The molecular weight excluding hydrogens is 258 g/mol. The van der Waals surface area contributed by atoms with Crippen molar-refractivity contribution in [2.75, 3.05) is 18.5 Å². The largest absolute Gasteiger partial charge is 0.373 e. The quantitative estimate of drug-likeness (QED) is 0.718. The van der Waals surface area contributed by atoms with Gasteiger partial charge in [0.25, 0.3) is 0 Å². The van der Waals surface area contributed by atoms with Crippen LogP contribution in [0.3, 0.4) is 0 Å². The maximum absolute atomic E-state index is 12.1. The summed E-state index contributed by atoms with van der Waals surface area (Å²) < 4.78 is 5.61. The number of carbonyl (C=O) groups is 1. The molecule has 1 saturated heterocycles. The van der Waals surface area contributed by atoms with Crippen LogP contribution < -0.4 is 0 Å². The standard InChI is InChI=1S/C11H18BrNO2/c1-7-3-10(7)11(14)13-5-9(4-12)15-6-8(13)2/h7-10H,3-6H2,1-2H3. The Balaban J connectivity index is 1.96. The van der Waals surface area contributed by atoms with Gasteiger partial charge in [-0.05, 0) is 19.3 Å². The van der Waals surface area contributed by atoms with Crippen LogP contribution in [-0.4, -0.2) is 41.4 Å². The van der Waals surface area contributed by atoms with E-state index in [-0.39, 0.29) is 12.1 Å². The Morgan fingerprint density at radius 1 is 1.53 bits per heavy atom. The second-order valence-electron chi connectivity index (χ2n) is 4.77. The Bertz CT molecular complexity index is 259. The molecule has 2 rings (SSSR count). The van der Waals surface area contributed by atoms with Crippen molar-refractivity contribution < 1.29 is 9.53 Å². The lowest BCUT2D eigenvalue weighted by Crippen LogP contribution is -2.52. The average Bonchev–Trinajstić information content (AvgIpc) is 2.95. The van der Waals surface area contributed by atoms with Crippen molar-refractivity contribution in [3.8, 4) is 0 Å². The lowest BCUT2D eigenvalue weighted by Gasteiger charge is -2.37. The van der Waals surface area contributed by atoms with Crippen molar-refractivity contribution in [1.29, 1.82) is 0 Å². The topological polar surface area (TPSA) is 29.5 Å². The summed E-state index contributed by atoms with van der Waals surface area (Å²) >= 11 is 3.41. The zero-order valence-electron chi connectivity index (χ0n) is 9.28. The highest BCUT2D eigenvalue weighted by molar-refractivity contribution is 9.09. The number of carbonyl (C=O) groups excluding carboxylic acids is 1. The highest BCUT2D eigenvalue weighted by atomic mass is 79.9. The molecule has 15 heavy (non-hydrogen) atoms. The Morgan fingerprint density at radius 3 is 2.73 bits per heavy atom. The third kappa shape index (κ3) is 2.36. The Kier molecular flexibility index (Phi) is 3.36. The van der Waals surface area contributed by atoms with Crippen LogP contribution in [0, 0.1) is 11.8 Å². The molecule has 0 radical (unpaired) electrons. The predicted octanol–water partition coefficient (Wildman–Crippen LogP) is 1.65. The van der Waals surface area contributed by atoms with Crippen molar-refractivity contribution in [2.24, 2.45) is 11.8 Å². The highest BCUT2D eigenvalue weighted by Gasteiger charge is 2.43. The Hall–Kier alpha value is -0.0900. The van der Waals surface area contributed by atoms with E-state index in [9.17, 15) is 4.79 Å². The number of rotatable bonds is 2. The van der Waals surface area contributed by atoms with Gasteiger partial charge < -0.3 is 9.64 Å². The van der Waals surface area contributed by atoms with E-state index in [1.165, 1.54) is 0 Å². The first-order chi connectivity index (χ1) is 7.13. The molecule has 2 fully saturated rings. The van der Waals surface area contributed by atoms with E-state index in [0.29, 0.717) is 24.3 Å². The van der Waals surface area contributed by atoms with Gasteiger partial charge in [0.15, 0.2) is 0 Å². The van der Waals surface area contributed by atoms with Gasteiger partial charge in [-0.2, -0.15) is 0 Å². The predicted molar refractivity (Wildman–Crippen MR) is 62.0 cm³/mol. The first-order valence-corrected chi connectivity index (χ1v) is 6.73. The molecule has 0 bridgehead atoms. The van der Waals surface area contributed by atoms with Gasteiger partial charge in [-0.15, -0.1) is 0 Å². The molecule has 1 aliphatic carbocycles. The van der Waals surface area contributed by atoms with Gasteiger partial charge in [0.2, 0.25) is 5.91 Å². The molecule has 0 N–H and O–H groups in total. The summed E-state index contributed by atoms with van der Waals surface area (Å²) in [5.74, 6) is 1.22. The smallest absolute Gasteiger partial charge is 0.226 e. The normalized spacial score (nSPS) is 40.3. The molecule has 1 aliphatic heterocycles. The van der Waals surface area contributed by atoms with E-state index in [2.05, 4.69) is 29.8 Å². The molecule has 3 nitrogen and oxygen atoms in total. The molecule has 0 aromatic heterocycles. The molecule has 86 valence electrons. The summed E-state index contributed by atoms with van der Waals surface area (Å²) in [4.78, 5) is 14.1. The zero-order valence-corrected chi connectivity index (χ0v) is 10.9. The van der Waals surface area contributed by atoms with Gasteiger partial charge in [-0.25, -0.2) is 0 Å². The fraction of sp³-hybridized carbons (Fsp3) is 0.909. The maximum Gasteiger partial charge on any atom is 0.226 e. The summed E-state index contributed by atoms with van der Waals surface area (Å²) in [7, 11) is 0. The fourth-order valence-electron chi connectivity index (χ4n) is 2.10. The van der Waals surface area contributed by atoms with E-state index in [1.807, 2.05) is 4.90 Å². The van der Waals surface area contributed by atoms with Crippen LogP contribution in [0.4, 0.5) is 0 Å². The second-order valence-corrected chi connectivity index (χ2v) is 5.42. The van der Waals surface area contributed by atoms with Crippen LogP contribution in [0.15, 0.2) is 0 Å². The summed E-state index contributed by atoms with van der Waals surface area (Å²) in [6.07, 6.45) is 1.24. The number of hydrogen-bond donors (Lipinski definition) is 0. The van der Waals surface area contributed by atoms with Gasteiger partial charge in [0.1, 0.15) is 0 Å². The van der Waals surface area contributed by atoms with Crippen LogP contribution in [0.1, 0.15) is 20.3 Å². The summed E-state index contributed by atoms with van der Waals surface area (Å²) in [5, 5.41) is 0.809.